The van der Waals surface area contributed by atoms with Crippen molar-refractivity contribution in [3.05, 3.63) is 83.4 Å². The molecule has 1 unspecified atom stereocenters. The molecule has 1 N–H and O–H groups in total. The lowest BCUT2D eigenvalue weighted by atomic mass is 10.1. The van der Waals surface area contributed by atoms with Gasteiger partial charge in [-0.1, -0.05) is 47.7 Å². The minimum absolute atomic E-state index is 0.123. The van der Waals surface area contributed by atoms with Gasteiger partial charge in [0.25, 0.3) is 5.91 Å². The Morgan fingerprint density at radius 3 is 2.63 bits per heavy atom. The van der Waals surface area contributed by atoms with E-state index in [1.165, 1.54) is 12.1 Å². The molecule has 1 aliphatic rings. The zero-order valence-corrected chi connectivity index (χ0v) is 16.4. The van der Waals surface area contributed by atoms with Crippen molar-refractivity contribution in [1.82, 2.24) is 25.2 Å². The fraction of sp³-hybridized carbons (Fsp3) is 0.273. The third kappa shape index (κ3) is 4.89. The Morgan fingerprint density at radius 2 is 1.87 bits per heavy atom. The molecule has 1 aliphatic heterocycles. The molecule has 0 bridgehead atoms. The summed E-state index contributed by atoms with van der Waals surface area (Å²) in [5, 5.41) is 10.7. The summed E-state index contributed by atoms with van der Waals surface area (Å²) in [6.07, 6.45) is 2.04. The number of carbonyl (C=O) groups excluding carboxylic acids is 2. The van der Waals surface area contributed by atoms with E-state index in [1.807, 2.05) is 35.2 Å². The van der Waals surface area contributed by atoms with E-state index in [1.54, 1.807) is 23.0 Å². The molecule has 1 saturated heterocycles. The van der Waals surface area contributed by atoms with Gasteiger partial charge in [0, 0.05) is 38.5 Å². The Balaban J connectivity index is 1.29. The minimum atomic E-state index is -0.348. The summed E-state index contributed by atoms with van der Waals surface area (Å²) >= 11 is 0. The van der Waals surface area contributed by atoms with Crippen molar-refractivity contribution in [2.24, 2.45) is 5.92 Å². The van der Waals surface area contributed by atoms with Crippen molar-refractivity contribution in [3.8, 4) is 0 Å². The highest BCUT2D eigenvalue weighted by Gasteiger charge is 2.30. The normalized spacial score (nSPS) is 16.1. The first-order chi connectivity index (χ1) is 14.6. The van der Waals surface area contributed by atoms with Gasteiger partial charge in [0.05, 0.1) is 6.20 Å². The van der Waals surface area contributed by atoms with Crippen molar-refractivity contribution < 1.29 is 14.0 Å². The zero-order valence-electron chi connectivity index (χ0n) is 16.4. The molecule has 30 heavy (non-hydrogen) atoms. The van der Waals surface area contributed by atoms with Crippen LogP contribution in [0.3, 0.4) is 0 Å². The van der Waals surface area contributed by atoms with Crippen LogP contribution in [-0.2, 0) is 24.4 Å². The molecule has 1 fully saturated rings. The van der Waals surface area contributed by atoms with E-state index in [0.717, 1.165) is 11.1 Å². The monoisotopic (exact) mass is 407 g/mol. The molecular weight excluding hydrogens is 385 g/mol. The molecule has 154 valence electrons. The zero-order chi connectivity index (χ0) is 20.9. The highest BCUT2D eigenvalue weighted by atomic mass is 19.1. The largest absolute Gasteiger partial charge is 0.347 e. The second-order valence-corrected chi connectivity index (χ2v) is 7.46. The van der Waals surface area contributed by atoms with E-state index in [0.29, 0.717) is 26.1 Å². The SMILES string of the molecule is O=C(NCc1ccc(F)cc1)c1cn(CC2CC(=O)N(Cc3ccccc3)C2)nn1. The van der Waals surface area contributed by atoms with Crippen molar-refractivity contribution >= 4 is 11.8 Å². The first-order valence-electron chi connectivity index (χ1n) is 9.81. The number of halogens is 1. The molecule has 2 amide bonds. The fourth-order valence-corrected chi connectivity index (χ4v) is 3.56. The number of likely N-dealkylation sites (tertiary alicyclic amines) is 1. The van der Waals surface area contributed by atoms with Crippen LogP contribution in [0.15, 0.2) is 60.8 Å². The lowest BCUT2D eigenvalue weighted by molar-refractivity contribution is -0.128. The molecule has 7 nitrogen and oxygen atoms in total. The van der Waals surface area contributed by atoms with Crippen LogP contribution in [0.5, 0.6) is 0 Å². The van der Waals surface area contributed by atoms with Crippen LogP contribution in [0, 0.1) is 11.7 Å². The maximum absolute atomic E-state index is 12.9. The van der Waals surface area contributed by atoms with E-state index in [2.05, 4.69) is 15.6 Å². The molecule has 1 aromatic heterocycles. The Bertz CT molecular complexity index is 1020. The van der Waals surface area contributed by atoms with Gasteiger partial charge in [0.1, 0.15) is 5.82 Å². The third-order valence-electron chi connectivity index (χ3n) is 5.09. The molecular formula is C22H22FN5O2. The molecule has 1 atom stereocenters. The van der Waals surface area contributed by atoms with Gasteiger partial charge in [-0.15, -0.1) is 5.10 Å². The number of hydrogen-bond acceptors (Lipinski definition) is 4. The molecule has 0 aliphatic carbocycles. The topological polar surface area (TPSA) is 80.1 Å². The Labute approximate surface area is 173 Å². The maximum atomic E-state index is 12.9. The van der Waals surface area contributed by atoms with Crippen LogP contribution < -0.4 is 5.32 Å². The van der Waals surface area contributed by atoms with Crippen LogP contribution in [0.2, 0.25) is 0 Å². The highest BCUT2D eigenvalue weighted by Crippen LogP contribution is 2.21. The van der Waals surface area contributed by atoms with Crippen LogP contribution in [-0.4, -0.2) is 38.3 Å². The van der Waals surface area contributed by atoms with Crippen LogP contribution in [0.25, 0.3) is 0 Å². The molecule has 0 radical (unpaired) electrons. The maximum Gasteiger partial charge on any atom is 0.273 e. The number of hydrogen-bond donors (Lipinski definition) is 1. The molecule has 8 heteroatoms. The van der Waals surface area contributed by atoms with Gasteiger partial charge in [-0.3, -0.25) is 14.3 Å². The summed E-state index contributed by atoms with van der Waals surface area (Å²) in [5.74, 6) is -0.418. The van der Waals surface area contributed by atoms with Gasteiger partial charge >= 0.3 is 0 Å². The first-order valence-corrected chi connectivity index (χ1v) is 9.81. The molecule has 2 heterocycles. The van der Waals surface area contributed by atoms with Crippen molar-refractivity contribution in [2.75, 3.05) is 6.54 Å². The first kappa shape index (κ1) is 19.8. The molecule has 0 saturated carbocycles. The lowest BCUT2D eigenvalue weighted by Crippen LogP contribution is -2.25. The lowest BCUT2D eigenvalue weighted by Gasteiger charge is -2.16. The van der Waals surface area contributed by atoms with Crippen molar-refractivity contribution in [3.63, 3.8) is 0 Å². The Morgan fingerprint density at radius 1 is 1.10 bits per heavy atom. The van der Waals surface area contributed by atoms with Crippen LogP contribution in [0.4, 0.5) is 4.39 Å². The number of amides is 2. The van der Waals surface area contributed by atoms with Gasteiger partial charge in [0.2, 0.25) is 5.91 Å². The van der Waals surface area contributed by atoms with E-state index in [4.69, 9.17) is 0 Å². The van der Waals surface area contributed by atoms with Crippen LogP contribution in [0.1, 0.15) is 28.0 Å². The summed E-state index contributed by atoms with van der Waals surface area (Å²) in [7, 11) is 0. The molecule has 4 rings (SSSR count). The van der Waals surface area contributed by atoms with Gasteiger partial charge < -0.3 is 10.2 Å². The van der Waals surface area contributed by atoms with E-state index in [9.17, 15) is 14.0 Å². The molecule has 3 aromatic rings. The Hall–Kier alpha value is -3.55. The predicted octanol–water partition coefficient (Wildman–Crippen LogP) is 2.40. The number of carbonyl (C=O) groups is 2. The second-order valence-electron chi connectivity index (χ2n) is 7.46. The van der Waals surface area contributed by atoms with Crippen molar-refractivity contribution in [1.29, 1.82) is 0 Å². The van der Waals surface area contributed by atoms with Gasteiger partial charge in [-0.05, 0) is 23.3 Å². The number of nitrogens with one attached hydrogen (secondary N) is 1. The average molecular weight is 407 g/mol. The van der Waals surface area contributed by atoms with E-state index in [-0.39, 0.29) is 35.8 Å². The number of nitrogens with zero attached hydrogens (tertiary/aromatic N) is 4. The van der Waals surface area contributed by atoms with E-state index >= 15 is 0 Å². The Kier molecular flexibility index (Phi) is 5.83. The summed E-state index contributed by atoms with van der Waals surface area (Å²) in [4.78, 5) is 26.5. The van der Waals surface area contributed by atoms with Gasteiger partial charge in [-0.2, -0.15) is 0 Å². The number of benzene rings is 2. The average Bonchev–Trinajstić information content (AvgIpc) is 3.35. The fourth-order valence-electron chi connectivity index (χ4n) is 3.56. The quantitative estimate of drug-likeness (QED) is 0.652. The number of aromatic nitrogens is 3. The summed E-state index contributed by atoms with van der Waals surface area (Å²) in [5.41, 5.74) is 2.11. The van der Waals surface area contributed by atoms with Gasteiger partial charge in [-0.25, -0.2) is 4.39 Å². The standard InChI is InChI=1S/C22H22FN5O2/c23-19-8-6-16(7-9-19)11-24-22(30)20-15-28(26-25-20)14-18-10-21(29)27(13-18)12-17-4-2-1-3-5-17/h1-9,15,18H,10-14H2,(H,24,30). The van der Waals surface area contributed by atoms with E-state index < -0.39 is 0 Å². The number of rotatable bonds is 7. The summed E-state index contributed by atoms with van der Waals surface area (Å²) in [6.45, 7) is 2.05. The smallest absolute Gasteiger partial charge is 0.273 e. The summed E-state index contributed by atoms with van der Waals surface area (Å²) < 4.78 is 14.6. The summed E-state index contributed by atoms with van der Waals surface area (Å²) in [6, 6.07) is 15.8. The van der Waals surface area contributed by atoms with Gasteiger partial charge in [0.15, 0.2) is 5.69 Å². The van der Waals surface area contributed by atoms with Crippen LogP contribution >= 0.6 is 0 Å². The predicted molar refractivity (Wildman–Crippen MR) is 108 cm³/mol. The third-order valence-corrected chi connectivity index (χ3v) is 5.09. The minimum Gasteiger partial charge on any atom is -0.347 e. The second kappa shape index (κ2) is 8.86. The molecule has 2 aromatic carbocycles. The highest BCUT2D eigenvalue weighted by molar-refractivity contribution is 5.91. The molecule has 0 spiro atoms. The van der Waals surface area contributed by atoms with Crippen molar-refractivity contribution in [2.45, 2.75) is 26.1 Å².